The number of rotatable bonds is 5. The zero-order valence-electron chi connectivity index (χ0n) is 12.2. The average molecular weight is 294 g/mol. The molecule has 0 aliphatic carbocycles. The van der Waals surface area contributed by atoms with Crippen LogP contribution in [0, 0.1) is 10.1 Å². The van der Waals surface area contributed by atoms with Crippen molar-refractivity contribution in [2.75, 3.05) is 25.5 Å². The molecule has 1 fully saturated rings. The number of nitrogens with zero attached hydrogens (tertiary/aromatic N) is 1. The van der Waals surface area contributed by atoms with E-state index >= 15 is 0 Å². The Labute approximate surface area is 123 Å². The second-order valence-corrected chi connectivity index (χ2v) is 5.22. The van der Waals surface area contributed by atoms with E-state index in [2.05, 4.69) is 5.32 Å². The van der Waals surface area contributed by atoms with Crippen molar-refractivity contribution in [2.45, 2.75) is 25.8 Å². The molecule has 1 aliphatic rings. The van der Waals surface area contributed by atoms with Crippen LogP contribution in [0.15, 0.2) is 18.2 Å². The molecule has 0 radical (unpaired) electrons. The number of non-ortho nitro benzene ring substituents is 1. The summed E-state index contributed by atoms with van der Waals surface area (Å²) in [6.07, 6.45) is 2.26. The fourth-order valence-electron chi connectivity index (χ4n) is 2.60. The van der Waals surface area contributed by atoms with Gasteiger partial charge in [-0.15, -0.1) is 0 Å². The Morgan fingerprint density at radius 2 is 2.10 bits per heavy atom. The first-order chi connectivity index (χ1) is 10.0. The lowest BCUT2D eigenvalue weighted by molar-refractivity contribution is -0.901. The summed E-state index contributed by atoms with van der Waals surface area (Å²) in [6.45, 7) is 3.85. The van der Waals surface area contributed by atoms with Gasteiger partial charge in [0.05, 0.1) is 30.8 Å². The predicted octanol–water partition coefficient (Wildman–Crippen LogP) is 0.609. The summed E-state index contributed by atoms with van der Waals surface area (Å²) < 4.78 is 5.14. The lowest BCUT2D eigenvalue weighted by atomic mass is 10.2. The summed E-state index contributed by atoms with van der Waals surface area (Å²) >= 11 is 0. The second-order valence-electron chi connectivity index (χ2n) is 5.22. The summed E-state index contributed by atoms with van der Waals surface area (Å²) in [7, 11) is 1.46. The molecule has 1 atom stereocenters. The smallest absolute Gasteiger partial charge is 0.282 e. The van der Waals surface area contributed by atoms with Crippen LogP contribution in [0.5, 0.6) is 5.75 Å². The Bertz CT molecular complexity index is 541. The van der Waals surface area contributed by atoms with E-state index in [0.717, 1.165) is 25.9 Å². The third-order valence-corrected chi connectivity index (χ3v) is 3.90. The van der Waals surface area contributed by atoms with Crippen LogP contribution in [0.4, 0.5) is 11.4 Å². The van der Waals surface area contributed by atoms with Crippen molar-refractivity contribution in [3.05, 3.63) is 28.3 Å². The molecule has 21 heavy (non-hydrogen) atoms. The number of hydrogen-bond donors (Lipinski definition) is 2. The Kier molecular flexibility index (Phi) is 4.74. The van der Waals surface area contributed by atoms with Gasteiger partial charge in [0.25, 0.3) is 11.6 Å². The molecule has 0 unspecified atom stereocenters. The Morgan fingerprint density at radius 1 is 1.43 bits per heavy atom. The van der Waals surface area contributed by atoms with Gasteiger partial charge in [-0.25, -0.2) is 0 Å². The second kappa shape index (κ2) is 6.53. The lowest BCUT2D eigenvalue weighted by Crippen LogP contribution is -3.14. The predicted molar refractivity (Wildman–Crippen MR) is 77.7 cm³/mol. The number of nitrogens with one attached hydrogen (secondary N) is 2. The van der Waals surface area contributed by atoms with Crippen molar-refractivity contribution in [2.24, 2.45) is 0 Å². The van der Waals surface area contributed by atoms with Gasteiger partial charge >= 0.3 is 0 Å². The lowest BCUT2D eigenvalue weighted by Gasteiger charge is -2.20. The number of anilines is 1. The number of nitro groups is 1. The van der Waals surface area contributed by atoms with E-state index in [9.17, 15) is 14.9 Å². The Balaban J connectivity index is 2.15. The minimum absolute atomic E-state index is 0.0766. The number of nitro benzene ring substituents is 1. The summed E-state index contributed by atoms with van der Waals surface area (Å²) in [5.41, 5.74) is 0.259. The van der Waals surface area contributed by atoms with Gasteiger partial charge in [0, 0.05) is 25.0 Å². The zero-order chi connectivity index (χ0) is 15.4. The number of amides is 1. The van der Waals surface area contributed by atoms with Crippen molar-refractivity contribution in [1.82, 2.24) is 0 Å². The van der Waals surface area contributed by atoms with Gasteiger partial charge in [-0.05, 0) is 13.0 Å². The standard InChI is InChI=1S/C14H19N3O4/c1-10(16-7-3-4-8-16)14(18)15-12-9-11(17(19)20)5-6-13(12)21-2/h5-6,9-10H,3-4,7-8H2,1-2H3,(H,15,18)/p+1/t10-/m0/s1. The molecule has 0 spiro atoms. The van der Waals surface area contributed by atoms with Crippen molar-refractivity contribution in [3.63, 3.8) is 0 Å². The van der Waals surface area contributed by atoms with Crippen molar-refractivity contribution in [1.29, 1.82) is 0 Å². The minimum atomic E-state index is -0.496. The van der Waals surface area contributed by atoms with Gasteiger partial charge in [-0.3, -0.25) is 14.9 Å². The van der Waals surface area contributed by atoms with E-state index in [-0.39, 0.29) is 17.6 Å². The summed E-state index contributed by atoms with van der Waals surface area (Å²) in [5.74, 6) is 0.267. The number of ether oxygens (including phenoxy) is 1. The van der Waals surface area contributed by atoms with Crippen LogP contribution in [-0.2, 0) is 4.79 Å². The maximum Gasteiger partial charge on any atom is 0.282 e. The third kappa shape index (κ3) is 3.49. The Morgan fingerprint density at radius 3 is 2.67 bits per heavy atom. The topological polar surface area (TPSA) is 85.9 Å². The van der Waals surface area contributed by atoms with E-state index in [1.807, 2.05) is 6.92 Å². The van der Waals surface area contributed by atoms with Crippen molar-refractivity contribution >= 4 is 17.3 Å². The van der Waals surface area contributed by atoms with Gasteiger partial charge < -0.3 is 15.0 Å². The molecule has 0 bridgehead atoms. The van der Waals surface area contributed by atoms with Gasteiger partial charge in [0.1, 0.15) is 5.75 Å². The molecule has 1 saturated heterocycles. The molecule has 0 aromatic heterocycles. The highest BCUT2D eigenvalue weighted by atomic mass is 16.6. The van der Waals surface area contributed by atoms with Crippen molar-refractivity contribution < 1.29 is 19.4 Å². The highest BCUT2D eigenvalue weighted by molar-refractivity contribution is 5.95. The fourth-order valence-corrected chi connectivity index (χ4v) is 2.60. The maximum atomic E-state index is 12.3. The van der Waals surface area contributed by atoms with Crippen LogP contribution in [0.25, 0.3) is 0 Å². The molecule has 1 heterocycles. The molecule has 114 valence electrons. The SMILES string of the molecule is COc1ccc([N+](=O)[O-])cc1NC(=O)[C@H](C)[NH+]1CCCC1. The summed E-state index contributed by atoms with van der Waals surface area (Å²) in [4.78, 5) is 23.9. The third-order valence-electron chi connectivity index (χ3n) is 3.90. The quantitative estimate of drug-likeness (QED) is 0.615. The maximum absolute atomic E-state index is 12.3. The highest BCUT2D eigenvalue weighted by Crippen LogP contribution is 2.28. The molecular formula is C14H20N3O4+. The van der Waals surface area contributed by atoms with E-state index in [1.165, 1.54) is 30.2 Å². The van der Waals surface area contributed by atoms with E-state index in [1.54, 1.807) is 0 Å². The van der Waals surface area contributed by atoms with Crippen molar-refractivity contribution in [3.8, 4) is 5.75 Å². The highest BCUT2D eigenvalue weighted by Gasteiger charge is 2.28. The molecule has 1 aliphatic heterocycles. The van der Waals surface area contributed by atoms with E-state index in [0.29, 0.717) is 11.4 Å². The van der Waals surface area contributed by atoms with Gasteiger partial charge in [-0.2, -0.15) is 0 Å². The molecule has 1 amide bonds. The molecule has 0 saturated carbocycles. The number of hydrogen-bond acceptors (Lipinski definition) is 4. The first-order valence-electron chi connectivity index (χ1n) is 7.01. The number of methoxy groups -OCH3 is 1. The van der Waals surface area contributed by atoms with E-state index in [4.69, 9.17) is 4.74 Å². The van der Waals surface area contributed by atoms with Crippen LogP contribution in [0.2, 0.25) is 0 Å². The van der Waals surface area contributed by atoms with Gasteiger partial charge in [-0.1, -0.05) is 0 Å². The van der Waals surface area contributed by atoms with E-state index < -0.39 is 4.92 Å². The van der Waals surface area contributed by atoms with Crippen LogP contribution in [0.1, 0.15) is 19.8 Å². The molecule has 1 aromatic carbocycles. The summed E-state index contributed by atoms with van der Waals surface area (Å²) in [6, 6.07) is 3.98. The largest absolute Gasteiger partial charge is 0.495 e. The molecule has 1 aromatic rings. The van der Waals surface area contributed by atoms with Gasteiger partial charge in [0.2, 0.25) is 0 Å². The number of benzene rings is 1. The van der Waals surface area contributed by atoms with Crippen LogP contribution in [-0.4, -0.2) is 37.1 Å². The normalized spacial score (nSPS) is 16.5. The first kappa shape index (κ1) is 15.2. The number of carbonyl (C=O) groups excluding carboxylic acids is 1. The molecule has 2 rings (SSSR count). The number of quaternary nitrogens is 1. The molecular weight excluding hydrogens is 274 g/mol. The number of carbonyl (C=O) groups is 1. The Hall–Kier alpha value is -2.15. The number of likely N-dealkylation sites (tertiary alicyclic amines) is 1. The van der Waals surface area contributed by atoms with Gasteiger partial charge in [0.15, 0.2) is 6.04 Å². The molecule has 2 N–H and O–H groups in total. The monoisotopic (exact) mass is 294 g/mol. The molecule has 7 nitrogen and oxygen atoms in total. The minimum Gasteiger partial charge on any atom is -0.495 e. The van der Waals surface area contributed by atoms with Crippen LogP contribution < -0.4 is 15.0 Å². The van der Waals surface area contributed by atoms with Crippen LogP contribution in [0.3, 0.4) is 0 Å². The first-order valence-corrected chi connectivity index (χ1v) is 7.01. The average Bonchev–Trinajstić information content (AvgIpc) is 3.00. The summed E-state index contributed by atoms with van der Waals surface area (Å²) in [5, 5.41) is 13.6. The van der Waals surface area contributed by atoms with Crippen LogP contribution >= 0.6 is 0 Å². The fraction of sp³-hybridized carbons (Fsp3) is 0.500. The molecule has 7 heteroatoms. The zero-order valence-corrected chi connectivity index (χ0v) is 12.2.